The first-order valence-corrected chi connectivity index (χ1v) is 13.2. The number of rotatable bonds is 13. The van der Waals surface area contributed by atoms with Gasteiger partial charge in [-0.3, -0.25) is 4.79 Å². The number of nitrogens with zero attached hydrogens (tertiary/aromatic N) is 2. The van der Waals surface area contributed by atoms with Gasteiger partial charge in [0.2, 0.25) is 11.7 Å². The summed E-state index contributed by atoms with van der Waals surface area (Å²) in [5.74, 6) is -14.4. The number of hydrogen-bond acceptors (Lipinski definition) is 8. The van der Waals surface area contributed by atoms with Crippen molar-refractivity contribution in [3.05, 3.63) is 80.7 Å². The second-order valence-corrected chi connectivity index (χ2v) is 10.4. The summed E-state index contributed by atoms with van der Waals surface area (Å²) in [7, 11) is 0. The number of nitro groups is 1. The molecule has 0 aliphatic carbocycles. The minimum atomic E-state index is -2.42. The molecule has 2 aromatic carbocycles. The van der Waals surface area contributed by atoms with Crippen molar-refractivity contribution in [2.45, 2.75) is 64.3 Å². The third-order valence-electron chi connectivity index (χ3n) is 5.68. The number of amides is 2. The normalized spacial score (nSPS) is 12.9. The molecule has 13 nitrogen and oxygen atoms in total. The number of nitrogens with two attached hydrogens (primary N) is 1. The van der Waals surface area contributed by atoms with Crippen molar-refractivity contribution in [3.63, 3.8) is 0 Å². The van der Waals surface area contributed by atoms with E-state index < -0.39 is 87.7 Å². The highest BCUT2D eigenvalue weighted by atomic mass is 19.2. The number of esters is 1. The standard InChI is InChI=1S/C27H31F5N6O7/c1-27(2,3)45-26(41)36-16(10-7-11-34-25(33)37-38(42)43)23(39)35-17(24(40)44-13-14-8-5-4-6-9-14)12-15-18(28)20(30)22(32)21(31)19(15)29/h4-6,8-9,16-17H,7,10-13H2,1-3H3,(H,35,39)(H,36,41)(H3,33,34,37)/t16-,17+/m0/s1. The number of halogens is 5. The lowest BCUT2D eigenvalue weighted by molar-refractivity contribution is -0.525. The number of guanidine groups is 1. The first kappa shape index (κ1) is 36.2. The first-order chi connectivity index (χ1) is 21.0. The summed E-state index contributed by atoms with van der Waals surface area (Å²) in [4.78, 5) is 52.9. The minimum Gasteiger partial charge on any atom is -0.459 e. The van der Waals surface area contributed by atoms with E-state index >= 15 is 0 Å². The van der Waals surface area contributed by atoms with Crippen molar-refractivity contribution < 1.29 is 50.8 Å². The van der Waals surface area contributed by atoms with E-state index in [9.17, 15) is 46.5 Å². The van der Waals surface area contributed by atoms with Crippen LogP contribution < -0.4 is 21.8 Å². The van der Waals surface area contributed by atoms with Crippen molar-refractivity contribution in [2.24, 2.45) is 10.7 Å². The van der Waals surface area contributed by atoms with Crippen molar-refractivity contribution >= 4 is 23.9 Å². The van der Waals surface area contributed by atoms with Gasteiger partial charge in [-0.15, -0.1) is 0 Å². The molecule has 0 aromatic heterocycles. The average molecular weight is 647 g/mol. The predicted molar refractivity (Wildman–Crippen MR) is 147 cm³/mol. The van der Waals surface area contributed by atoms with Crippen LogP contribution in [0, 0.1) is 39.2 Å². The molecular weight excluding hydrogens is 615 g/mol. The van der Waals surface area contributed by atoms with E-state index in [-0.39, 0.29) is 26.0 Å². The zero-order valence-electron chi connectivity index (χ0n) is 24.3. The van der Waals surface area contributed by atoms with E-state index in [0.29, 0.717) is 5.56 Å². The van der Waals surface area contributed by atoms with Crippen molar-refractivity contribution in [2.75, 3.05) is 6.54 Å². The highest BCUT2D eigenvalue weighted by Gasteiger charge is 2.33. The van der Waals surface area contributed by atoms with Crippen LogP contribution >= 0.6 is 0 Å². The summed E-state index contributed by atoms with van der Waals surface area (Å²) in [6.45, 7) is 4.04. The molecule has 0 heterocycles. The monoisotopic (exact) mass is 646 g/mol. The van der Waals surface area contributed by atoms with Crippen molar-refractivity contribution in [1.29, 1.82) is 0 Å². The van der Waals surface area contributed by atoms with E-state index in [1.807, 2.05) is 0 Å². The van der Waals surface area contributed by atoms with Gasteiger partial charge in [-0.05, 0) is 39.2 Å². The zero-order chi connectivity index (χ0) is 33.9. The van der Waals surface area contributed by atoms with Crippen LogP contribution in [0.5, 0.6) is 0 Å². The molecule has 0 aliphatic rings. The van der Waals surface area contributed by atoms with E-state index in [1.165, 1.54) is 20.8 Å². The van der Waals surface area contributed by atoms with Crippen LogP contribution in [0.1, 0.15) is 44.7 Å². The largest absolute Gasteiger partial charge is 0.459 e. The lowest BCUT2D eigenvalue weighted by Crippen LogP contribution is -2.53. The molecule has 5 N–H and O–H groups in total. The summed E-state index contributed by atoms with van der Waals surface area (Å²) in [5, 5.41) is 13.9. The number of alkyl carbamates (subject to hydrolysis) is 1. The molecule has 18 heteroatoms. The van der Waals surface area contributed by atoms with Crippen LogP contribution in [0.25, 0.3) is 0 Å². The number of benzene rings is 2. The molecule has 0 bridgehead atoms. The zero-order valence-corrected chi connectivity index (χ0v) is 24.3. The molecule has 2 amide bonds. The van der Waals surface area contributed by atoms with Crippen LogP contribution in [0.2, 0.25) is 0 Å². The molecule has 45 heavy (non-hydrogen) atoms. The Kier molecular flexibility index (Phi) is 13.0. The lowest BCUT2D eigenvalue weighted by Gasteiger charge is -2.25. The molecule has 0 spiro atoms. The van der Waals surface area contributed by atoms with Crippen LogP contribution in [-0.4, -0.2) is 53.2 Å². The maximum Gasteiger partial charge on any atom is 0.408 e. The smallest absolute Gasteiger partial charge is 0.408 e. The molecule has 0 fully saturated rings. The van der Waals surface area contributed by atoms with E-state index in [2.05, 4.69) is 15.6 Å². The van der Waals surface area contributed by atoms with Crippen LogP contribution in [-0.2, 0) is 32.1 Å². The predicted octanol–water partition coefficient (Wildman–Crippen LogP) is 2.92. The van der Waals surface area contributed by atoms with Crippen molar-refractivity contribution in [3.8, 4) is 0 Å². The Balaban J connectivity index is 2.36. The molecule has 2 rings (SSSR count). The number of nitrogens with one attached hydrogen (secondary N) is 3. The second kappa shape index (κ2) is 16.2. The Morgan fingerprint density at radius 2 is 1.53 bits per heavy atom. The molecular formula is C27H31F5N6O7. The molecule has 2 aromatic rings. The Labute approximate surface area is 253 Å². The van der Waals surface area contributed by atoms with Gasteiger partial charge in [-0.2, -0.15) is 0 Å². The third-order valence-corrected chi connectivity index (χ3v) is 5.68. The van der Waals surface area contributed by atoms with Gasteiger partial charge in [0.15, 0.2) is 28.3 Å². The van der Waals surface area contributed by atoms with Gasteiger partial charge in [-0.1, -0.05) is 35.8 Å². The third kappa shape index (κ3) is 11.5. The number of carbonyl (C=O) groups excluding carboxylic acids is 3. The molecule has 0 unspecified atom stereocenters. The number of hydrazine groups is 1. The fourth-order valence-corrected chi connectivity index (χ4v) is 3.67. The number of hydrogen-bond donors (Lipinski definition) is 4. The highest BCUT2D eigenvalue weighted by molar-refractivity contribution is 5.89. The van der Waals surface area contributed by atoms with Crippen molar-refractivity contribution in [1.82, 2.24) is 16.1 Å². The number of carbonyl (C=O) groups is 3. The van der Waals surface area contributed by atoms with E-state index in [4.69, 9.17) is 15.2 Å². The number of aliphatic imine (C=N–C) groups is 1. The summed E-state index contributed by atoms with van der Waals surface area (Å²) < 4.78 is 80.8. The van der Waals surface area contributed by atoms with E-state index in [1.54, 1.807) is 35.8 Å². The maximum atomic E-state index is 14.5. The van der Waals surface area contributed by atoms with Gasteiger partial charge in [0.25, 0.3) is 5.96 Å². The minimum absolute atomic E-state index is 0.0330. The Bertz CT molecular complexity index is 1390. The van der Waals surface area contributed by atoms with Gasteiger partial charge in [0.1, 0.15) is 24.3 Å². The van der Waals surface area contributed by atoms with Crippen LogP contribution in [0.15, 0.2) is 35.3 Å². The fraction of sp³-hybridized carbons (Fsp3) is 0.407. The molecule has 0 saturated carbocycles. The number of ether oxygens (including phenoxy) is 2. The Morgan fingerprint density at radius 3 is 2.09 bits per heavy atom. The molecule has 0 saturated heterocycles. The van der Waals surface area contributed by atoms with Gasteiger partial charge < -0.3 is 25.8 Å². The lowest BCUT2D eigenvalue weighted by atomic mass is 10.0. The summed E-state index contributed by atoms with van der Waals surface area (Å²) in [6, 6.07) is 4.54. The Hall–Kier alpha value is -5.03. The molecule has 2 atom stereocenters. The second-order valence-electron chi connectivity index (χ2n) is 10.4. The highest BCUT2D eigenvalue weighted by Crippen LogP contribution is 2.24. The quantitative estimate of drug-likeness (QED) is 0.0292. The maximum absolute atomic E-state index is 14.5. The SMILES string of the molecule is CC(C)(C)OC(=O)N[C@@H](CCCN=C(N)N[N+](=O)[O-])C(=O)N[C@H](Cc1c(F)c(F)c(F)c(F)c1F)C(=O)OCc1ccccc1. The van der Waals surface area contributed by atoms with Crippen LogP contribution in [0.4, 0.5) is 26.7 Å². The summed E-state index contributed by atoms with van der Waals surface area (Å²) >= 11 is 0. The van der Waals surface area contributed by atoms with Gasteiger partial charge in [0.05, 0.1) is 0 Å². The fourth-order valence-electron chi connectivity index (χ4n) is 3.67. The Morgan fingerprint density at radius 1 is 0.956 bits per heavy atom. The van der Waals surface area contributed by atoms with Gasteiger partial charge >= 0.3 is 12.1 Å². The average Bonchev–Trinajstić information content (AvgIpc) is 2.96. The van der Waals surface area contributed by atoms with Gasteiger partial charge in [0, 0.05) is 18.5 Å². The first-order valence-electron chi connectivity index (χ1n) is 13.2. The molecule has 0 aliphatic heterocycles. The van der Waals surface area contributed by atoms with Gasteiger partial charge in [-0.25, -0.2) is 46.6 Å². The van der Waals surface area contributed by atoms with Crippen LogP contribution in [0.3, 0.4) is 0 Å². The molecule has 246 valence electrons. The summed E-state index contributed by atoms with van der Waals surface area (Å²) in [5.41, 5.74) is 5.02. The topological polar surface area (TPSA) is 187 Å². The van der Waals surface area contributed by atoms with E-state index in [0.717, 1.165) is 0 Å². The molecule has 0 radical (unpaired) electrons. The summed E-state index contributed by atoms with van der Waals surface area (Å²) in [6.07, 6.45) is -2.58.